The topological polar surface area (TPSA) is 12.0 Å². The zero-order chi connectivity index (χ0) is 17.7. The number of hydrogen-bond donors (Lipinski definition) is 1. The third-order valence-corrected chi connectivity index (χ3v) is 4.21. The molecule has 0 bridgehead atoms. The van der Waals surface area contributed by atoms with Crippen molar-refractivity contribution in [2.24, 2.45) is 0 Å². The predicted octanol–water partition coefficient (Wildman–Crippen LogP) is 6.61. The van der Waals surface area contributed by atoms with Crippen molar-refractivity contribution in [3.05, 3.63) is 46.5 Å². The summed E-state index contributed by atoms with van der Waals surface area (Å²) in [5, 5.41) is 3.03. The van der Waals surface area contributed by atoms with Crippen LogP contribution in [-0.4, -0.2) is 7.05 Å². The number of allylic oxidation sites excluding steroid dienone is 1. The van der Waals surface area contributed by atoms with Crippen LogP contribution >= 0.6 is 11.8 Å². The van der Waals surface area contributed by atoms with Crippen LogP contribution in [0.3, 0.4) is 0 Å². The molecule has 132 valence electrons. The van der Waals surface area contributed by atoms with Gasteiger partial charge in [0.05, 0.1) is 5.56 Å². The normalized spacial score (nSPS) is 11.7. The zero-order valence-corrected chi connectivity index (χ0v) is 15.3. The standard InChI is InChI=1S/C16H22F3NS.C2H6/c1-3-4-5-6-15(11-20-2)21-12-13-7-9-14(10-8-13)16(17,18)19;1-2/h7-11,20H,3-6,12H2,1-2H3;1-2H3/b15-11-;. The van der Waals surface area contributed by atoms with Crippen LogP contribution in [0.25, 0.3) is 0 Å². The zero-order valence-electron chi connectivity index (χ0n) is 14.5. The minimum absolute atomic E-state index is 0.592. The van der Waals surface area contributed by atoms with Crippen LogP contribution in [-0.2, 0) is 11.9 Å². The van der Waals surface area contributed by atoms with Gasteiger partial charge in [-0.05, 0) is 30.5 Å². The quantitative estimate of drug-likeness (QED) is 0.531. The van der Waals surface area contributed by atoms with Crippen LogP contribution in [0, 0.1) is 0 Å². The molecule has 1 N–H and O–H groups in total. The third-order valence-electron chi connectivity index (χ3n) is 3.04. The predicted molar refractivity (Wildman–Crippen MR) is 95.4 cm³/mol. The van der Waals surface area contributed by atoms with Gasteiger partial charge in [0.25, 0.3) is 0 Å². The summed E-state index contributed by atoms with van der Waals surface area (Å²) < 4.78 is 37.5. The Balaban J connectivity index is 0.00000232. The molecule has 1 rings (SSSR count). The average molecular weight is 347 g/mol. The van der Waals surface area contributed by atoms with E-state index in [1.807, 2.05) is 27.1 Å². The Morgan fingerprint density at radius 2 is 1.74 bits per heavy atom. The molecule has 0 saturated heterocycles. The van der Waals surface area contributed by atoms with Crippen LogP contribution in [0.2, 0.25) is 0 Å². The molecule has 5 heteroatoms. The average Bonchev–Trinajstić information content (AvgIpc) is 2.54. The molecular weight excluding hydrogens is 319 g/mol. The molecule has 0 aromatic heterocycles. The largest absolute Gasteiger partial charge is 0.416 e. The summed E-state index contributed by atoms with van der Waals surface area (Å²) in [6.07, 6.45) is 2.25. The molecule has 0 fully saturated rings. The van der Waals surface area contributed by atoms with Crippen molar-refractivity contribution in [3.63, 3.8) is 0 Å². The highest BCUT2D eigenvalue weighted by atomic mass is 32.2. The lowest BCUT2D eigenvalue weighted by Crippen LogP contribution is -2.04. The Kier molecular flexibility index (Phi) is 11.7. The van der Waals surface area contributed by atoms with Crippen molar-refractivity contribution >= 4 is 11.8 Å². The lowest BCUT2D eigenvalue weighted by atomic mass is 10.1. The first-order chi connectivity index (χ1) is 11.0. The van der Waals surface area contributed by atoms with E-state index in [1.165, 1.54) is 17.7 Å². The van der Waals surface area contributed by atoms with Gasteiger partial charge in [-0.25, -0.2) is 0 Å². The summed E-state index contributed by atoms with van der Waals surface area (Å²) >= 11 is 1.68. The van der Waals surface area contributed by atoms with Crippen molar-refractivity contribution in [3.8, 4) is 0 Å². The molecule has 23 heavy (non-hydrogen) atoms. The monoisotopic (exact) mass is 347 g/mol. The first-order valence-electron chi connectivity index (χ1n) is 8.12. The van der Waals surface area contributed by atoms with Crippen LogP contribution in [0.15, 0.2) is 35.4 Å². The third kappa shape index (κ3) is 9.59. The van der Waals surface area contributed by atoms with E-state index in [-0.39, 0.29) is 0 Å². The second-order valence-electron chi connectivity index (χ2n) is 4.84. The fourth-order valence-electron chi connectivity index (χ4n) is 1.86. The maximum absolute atomic E-state index is 12.5. The molecule has 1 nitrogen and oxygen atoms in total. The Bertz CT molecular complexity index is 439. The maximum Gasteiger partial charge on any atom is 0.416 e. The number of rotatable bonds is 8. The second kappa shape index (κ2) is 12.3. The van der Waals surface area contributed by atoms with Gasteiger partial charge in [0.1, 0.15) is 0 Å². The summed E-state index contributed by atoms with van der Waals surface area (Å²) in [7, 11) is 1.86. The van der Waals surface area contributed by atoms with Crippen LogP contribution in [0.5, 0.6) is 0 Å². The molecule has 0 aliphatic carbocycles. The summed E-state index contributed by atoms with van der Waals surface area (Å²) in [5.74, 6) is 0.692. The van der Waals surface area contributed by atoms with E-state index in [9.17, 15) is 13.2 Å². The fourth-order valence-corrected chi connectivity index (χ4v) is 2.90. The number of alkyl halides is 3. The van der Waals surface area contributed by atoms with Gasteiger partial charge in [0, 0.05) is 23.9 Å². The fraction of sp³-hybridized carbons (Fsp3) is 0.556. The number of benzene rings is 1. The smallest absolute Gasteiger partial charge is 0.393 e. The molecule has 0 aliphatic rings. The van der Waals surface area contributed by atoms with Gasteiger partial charge in [0.2, 0.25) is 0 Å². The molecular formula is C18H28F3NS. The van der Waals surface area contributed by atoms with Crippen LogP contribution < -0.4 is 5.32 Å². The molecule has 0 unspecified atom stereocenters. The van der Waals surface area contributed by atoms with Crippen molar-refractivity contribution in [1.29, 1.82) is 0 Å². The molecule has 0 saturated carbocycles. The minimum atomic E-state index is -4.26. The van der Waals surface area contributed by atoms with Crippen molar-refractivity contribution < 1.29 is 13.2 Å². The first kappa shape index (κ1) is 21.9. The van der Waals surface area contributed by atoms with Gasteiger partial charge >= 0.3 is 6.18 Å². The Morgan fingerprint density at radius 3 is 2.22 bits per heavy atom. The summed E-state index contributed by atoms with van der Waals surface area (Å²) in [4.78, 5) is 1.24. The SMILES string of the molecule is CC.CCCCC/C(=C/NC)SCc1ccc(C(F)(F)F)cc1. The lowest BCUT2D eigenvalue weighted by molar-refractivity contribution is -0.137. The van der Waals surface area contributed by atoms with E-state index in [4.69, 9.17) is 0 Å². The van der Waals surface area contributed by atoms with Crippen LogP contribution in [0.1, 0.15) is 57.6 Å². The van der Waals surface area contributed by atoms with E-state index >= 15 is 0 Å². The highest BCUT2D eigenvalue weighted by Gasteiger charge is 2.29. The van der Waals surface area contributed by atoms with Gasteiger partial charge in [0.15, 0.2) is 0 Å². The minimum Gasteiger partial charge on any atom is -0.393 e. The van der Waals surface area contributed by atoms with E-state index < -0.39 is 11.7 Å². The lowest BCUT2D eigenvalue weighted by Gasteiger charge is -2.09. The first-order valence-corrected chi connectivity index (χ1v) is 9.11. The number of thioether (sulfide) groups is 1. The van der Waals surface area contributed by atoms with E-state index in [0.717, 1.165) is 30.5 Å². The van der Waals surface area contributed by atoms with Crippen molar-refractivity contribution in [1.82, 2.24) is 5.32 Å². The van der Waals surface area contributed by atoms with Crippen LogP contribution in [0.4, 0.5) is 13.2 Å². The molecule has 0 atom stereocenters. The van der Waals surface area contributed by atoms with Gasteiger partial charge in [-0.15, -0.1) is 11.8 Å². The van der Waals surface area contributed by atoms with E-state index in [2.05, 4.69) is 12.2 Å². The molecule has 0 amide bonds. The number of unbranched alkanes of at least 4 members (excludes halogenated alkanes) is 2. The Labute approximate surface area is 142 Å². The Hall–Kier alpha value is -1.10. The molecule has 0 spiro atoms. The highest BCUT2D eigenvalue weighted by Crippen LogP contribution is 2.30. The summed E-state index contributed by atoms with van der Waals surface area (Å²) in [6.45, 7) is 6.16. The molecule has 1 aromatic carbocycles. The molecule has 0 radical (unpaired) electrons. The van der Waals surface area contributed by atoms with Gasteiger partial charge < -0.3 is 5.32 Å². The molecule has 0 aliphatic heterocycles. The van der Waals surface area contributed by atoms with Crippen molar-refractivity contribution in [2.45, 2.75) is 58.4 Å². The van der Waals surface area contributed by atoms with Gasteiger partial charge in [-0.1, -0.05) is 45.7 Å². The van der Waals surface area contributed by atoms with Gasteiger partial charge in [-0.2, -0.15) is 13.2 Å². The number of hydrogen-bond acceptors (Lipinski definition) is 2. The Morgan fingerprint density at radius 1 is 1.13 bits per heavy atom. The number of nitrogens with one attached hydrogen (secondary N) is 1. The molecule has 1 aromatic rings. The summed E-state index contributed by atoms with van der Waals surface area (Å²) in [6, 6.07) is 5.40. The number of halogens is 3. The highest BCUT2D eigenvalue weighted by molar-refractivity contribution is 8.02. The molecule has 0 heterocycles. The maximum atomic E-state index is 12.5. The van der Waals surface area contributed by atoms with E-state index in [0.29, 0.717) is 5.75 Å². The summed E-state index contributed by atoms with van der Waals surface area (Å²) in [5.41, 5.74) is 0.315. The van der Waals surface area contributed by atoms with Crippen molar-refractivity contribution in [2.75, 3.05) is 7.05 Å². The van der Waals surface area contributed by atoms with E-state index in [1.54, 1.807) is 23.9 Å². The second-order valence-corrected chi connectivity index (χ2v) is 5.94. The van der Waals surface area contributed by atoms with Gasteiger partial charge in [-0.3, -0.25) is 0 Å².